The standard InChI is InChI=1S/C26H30N2O2/c1-25(2,3)21-14-17(15-22(23(21)29)26(4,5)6)16-27-28-24(30)20-13-9-11-18-10-7-8-12-19(18)20/h7-16,29H,1-6H3,(H,28,30)/b27-16-. The molecule has 0 bridgehead atoms. The number of nitrogens with one attached hydrogen (secondary N) is 1. The van der Waals surface area contributed by atoms with E-state index in [0.29, 0.717) is 11.3 Å². The SMILES string of the molecule is CC(C)(C)c1cc(/C=N\NC(=O)c2cccc3ccccc23)cc(C(C)(C)C)c1O. The third kappa shape index (κ3) is 4.54. The number of fused-ring (bicyclic) bond motifs is 1. The molecule has 2 N–H and O–H groups in total. The van der Waals surface area contributed by atoms with Gasteiger partial charge in [0.1, 0.15) is 5.75 Å². The number of phenols is 1. The number of aromatic hydroxyl groups is 1. The Balaban J connectivity index is 1.91. The maximum atomic E-state index is 12.7. The van der Waals surface area contributed by atoms with Crippen LogP contribution in [0.3, 0.4) is 0 Å². The quantitative estimate of drug-likeness (QED) is 0.423. The average Bonchev–Trinajstić information content (AvgIpc) is 2.66. The first-order valence-corrected chi connectivity index (χ1v) is 10.2. The van der Waals surface area contributed by atoms with Crippen molar-refractivity contribution in [1.29, 1.82) is 0 Å². The lowest BCUT2D eigenvalue weighted by Gasteiger charge is -2.27. The van der Waals surface area contributed by atoms with Crippen LogP contribution in [-0.2, 0) is 10.8 Å². The van der Waals surface area contributed by atoms with E-state index in [4.69, 9.17) is 0 Å². The highest BCUT2D eigenvalue weighted by Gasteiger charge is 2.26. The monoisotopic (exact) mass is 402 g/mol. The third-order valence-electron chi connectivity index (χ3n) is 5.16. The Morgan fingerprint density at radius 2 is 1.47 bits per heavy atom. The van der Waals surface area contributed by atoms with Gasteiger partial charge in [-0.1, -0.05) is 77.9 Å². The van der Waals surface area contributed by atoms with Gasteiger partial charge in [-0.25, -0.2) is 5.43 Å². The smallest absolute Gasteiger partial charge is 0.271 e. The lowest BCUT2D eigenvalue weighted by molar-refractivity contribution is 0.0957. The molecule has 3 aromatic carbocycles. The molecule has 0 atom stereocenters. The van der Waals surface area contributed by atoms with Crippen molar-refractivity contribution in [2.45, 2.75) is 52.4 Å². The summed E-state index contributed by atoms with van der Waals surface area (Å²) >= 11 is 0. The Kier molecular flexibility index (Phi) is 5.71. The molecule has 0 aromatic heterocycles. The maximum absolute atomic E-state index is 12.7. The van der Waals surface area contributed by atoms with E-state index >= 15 is 0 Å². The van der Waals surface area contributed by atoms with Gasteiger partial charge in [0.25, 0.3) is 5.91 Å². The first-order chi connectivity index (χ1) is 14.0. The Morgan fingerprint density at radius 1 is 0.900 bits per heavy atom. The van der Waals surface area contributed by atoms with E-state index in [2.05, 4.69) is 52.1 Å². The molecular formula is C26H30N2O2. The Labute approximate surface area is 178 Å². The van der Waals surface area contributed by atoms with Crippen LogP contribution in [0.15, 0.2) is 59.7 Å². The summed E-state index contributed by atoms with van der Waals surface area (Å²) in [6.07, 6.45) is 1.63. The van der Waals surface area contributed by atoms with Crippen molar-refractivity contribution in [3.8, 4) is 5.75 Å². The number of nitrogens with zero attached hydrogens (tertiary/aromatic N) is 1. The summed E-state index contributed by atoms with van der Waals surface area (Å²) in [5, 5.41) is 16.9. The van der Waals surface area contributed by atoms with Gasteiger partial charge in [-0.15, -0.1) is 0 Å². The predicted molar refractivity (Wildman–Crippen MR) is 125 cm³/mol. The van der Waals surface area contributed by atoms with Gasteiger partial charge in [-0.05, 0) is 45.4 Å². The molecule has 156 valence electrons. The number of hydrazone groups is 1. The van der Waals surface area contributed by atoms with Crippen LogP contribution in [0, 0.1) is 0 Å². The number of hydrogen-bond donors (Lipinski definition) is 2. The van der Waals surface area contributed by atoms with Gasteiger partial charge in [-0.3, -0.25) is 4.79 Å². The first-order valence-electron chi connectivity index (χ1n) is 10.2. The van der Waals surface area contributed by atoms with Crippen LogP contribution in [0.4, 0.5) is 0 Å². The zero-order valence-electron chi connectivity index (χ0n) is 18.6. The molecule has 0 aliphatic rings. The number of amides is 1. The topological polar surface area (TPSA) is 61.7 Å². The molecule has 0 saturated heterocycles. The van der Waals surface area contributed by atoms with E-state index in [1.807, 2.05) is 48.5 Å². The van der Waals surface area contributed by atoms with Crippen molar-refractivity contribution in [3.63, 3.8) is 0 Å². The Bertz CT molecular complexity index is 1080. The summed E-state index contributed by atoms with van der Waals surface area (Å²) in [7, 11) is 0. The molecule has 3 aromatic rings. The minimum absolute atomic E-state index is 0.222. The van der Waals surface area contributed by atoms with E-state index in [1.54, 1.807) is 12.3 Å². The number of hydrogen-bond acceptors (Lipinski definition) is 3. The minimum Gasteiger partial charge on any atom is -0.507 e. The molecule has 0 aliphatic heterocycles. The van der Waals surface area contributed by atoms with Crippen molar-refractivity contribution in [1.82, 2.24) is 5.43 Å². The third-order valence-corrected chi connectivity index (χ3v) is 5.16. The van der Waals surface area contributed by atoms with Crippen molar-refractivity contribution >= 4 is 22.9 Å². The van der Waals surface area contributed by atoms with Gasteiger partial charge >= 0.3 is 0 Å². The fourth-order valence-corrected chi connectivity index (χ4v) is 3.52. The van der Waals surface area contributed by atoms with Gasteiger partial charge in [0.2, 0.25) is 0 Å². The van der Waals surface area contributed by atoms with Gasteiger partial charge in [0.15, 0.2) is 0 Å². The molecule has 3 rings (SSSR count). The van der Waals surface area contributed by atoms with Crippen molar-refractivity contribution in [2.75, 3.05) is 0 Å². The second kappa shape index (κ2) is 7.94. The van der Waals surface area contributed by atoms with E-state index in [1.165, 1.54) is 0 Å². The highest BCUT2D eigenvalue weighted by atomic mass is 16.3. The molecule has 0 aliphatic carbocycles. The highest BCUT2D eigenvalue weighted by Crippen LogP contribution is 2.39. The summed E-state index contributed by atoms with van der Waals surface area (Å²) in [6.45, 7) is 12.4. The van der Waals surface area contributed by atoms with E-state index in [0.717, 1.165) is 27.5 Å². The molecule has 4 nitrogen and oxygen atoms in total. The predicted octanol–water partition coefficient (Wildman–Crippen LogP) is 5.90. The molecule has 0 radical (unpaired) electrons. The highest BCUT2D eigenvalue weighted by molar-refractivity contribution is 6.07. The molecule has 30 heavy (non-hydrogen) atoms. The van der Waals surface area contributed by atoms with E-state index in [-0.39, 0.29) is 16.7 Å². The molecular weight excluding hydrogens is 372 g/mol. The van der Waals surface area contributed by atoms with Crippen LogP contribution < -0.4 is 5.43 Å². The average molecular weight is 403 g/mol. The van der Waals surface area contributed by atoms with Gasteiger partial charge in [0.05, 0.1) is 6.21 Å². The zero-order valence-corrected chi connectivity index (χ0v) is 18.6. The van der Waals surface area contributed by atoms with Gasteiger partial charge in [0, 0.05) is 16.7 Å². The zero-order chi connectivity index (χ0) is 22.1. The lowest BCUT2D eigenvalue weighted by Crippen LogP contribution is -2.19. The van der Waals surface area contributed by atoms with Crippen molar-refractivity contribution in [3.05, 3.63) is 76.9 Å². The van der Waals surface area contributed by atoms with E-state index < -0.39 is 0 Å². The van der Waals surface area contributed by atoms with Crippen LogP contribution in [0.5, 0.6) is 5.75 Å². The Morgan fingerprint density at radius 3 is 2.07 bits per heavy atom. The summed E-state index contributed by atoms with van der Waals surface area (Å²) in [5.41, 5.74) is 5.33. The van der Waals surface area contributed by atoms with Crippen LogP contribution in [0.25, 0.3) is 10.8 Å². The van der Waals surface area contributed by atoms with Crippen LogP contribution >= 0.6 is 0 Å². The number of benzene rings is 3. The van der Waals surface area contributed by atoms with Gasteiger partial charge in [-0.2, -0.15) is 5.10 Å². The van der Waals surface area contributed by atoms with Crippen LogP contribution in [-0.4, -0.2) is 17.2 Å². The van der Waals surface area contributed by atoms with Crippen molar-refractivity contribution in [2.24, 2.45) is 5.10 Å². The number of rotatable bonds is 3. The maximum Gasteiger partial charge on any atom is 0.271 e. The van der Waals surface area contributed by atoms with Crippen molar-refractivity contribution < 1.29 is 9.90 Å². The van der Waals surface area contributed by atoms with Gasteiger partial charge < -0.3 is 5.11 Å². The molecule has 1 amide bonds. The normalized spacial score (nSPS) is 12.5. The molecule has 0 saturated carbocycles. The second-order valence-corrected chi connectivity index (χ2v) is 9.69. The summed E-state index contributed by atoms with van der Waals surface area (Å²) < 4.78 is 0. The summed E-state index contributed by atoms with van der Waals surface area (Å²) in [6, 6.07) is 17.3. The first kappa shape index (κ1) is 21.6. The fourth-order valence-electron chi connectivity index (χ4n) is 3.52. The van der Waals surface area contributed by atoms with Crippen LogP contribution in [0.2, 0.25) is 0 Å². The molecule has 0 fully saturated rings. The molecule has 0 heterocycles. The lowest BCUT2D eigenvalue weighted by atomic mass is 9.78. The van der Waals surface area contributed by atoms with E-state index in [9.17, 15) is 9.90 Å². The largest absolute Gasteiger partial charge is 0.507 e. The summed E-state index contributed by atoms with van der Waals surface area (Å²) in [4.78, 5) is 12.7. The summed E-state index contributed by atoms with van der Waals surface area (Å²) in [5.74, 6) is 0.0702. The number of carbonyl (C=O) groups excluding carboxylic acids is 1. The second-order valence-electron chi connectivity index (χ2n) is 9.69. The Hall–Kier alpha value is -3.14. The minimum atomic E-state index is -0.256. The number of carbonyl (C=O) groups is 1. The van der Waals surface area contributed by atoms with Crippen LogP contribution in [0.1, 0.15) is 68.6 Å². The molecule has 0 unspecified atom stereocenters. The molecule has 0 spiro atoms. The molecule has 4 heteroatoms. The number of phenolic OH excluding ortho intramolecular Hbond substituents is 1. The fraction of sp³-hybridized carbons (Fsp3) is 0.308.